The van der Waals surface area contributed by atoms with Crippen LogP contribution in [0.3, 0.4) is 0 Å². The Morgan fingerprint density at radius 3 is 2.29 bits per heavy atom. The fourth-order valence-corrected chi connectivity index (χ4v) is 3.45. The molecule has 3 N–H and O–H groups in total. The number of rotatable bonds is 6. The van der Waals surface area contributed by atoms with Crippen molar-refractivity contribution in [1.29, 1.82) is 0 Å². The third-order valence-electron chi connectivity index (χ3n) is 4.81. The van der Waals surface area contributed by atoms with E-state index in [0.717, 1.165) is 6.54 Å². The van der Waals surface area contributed by atoms with Crippen LogP contribution in [0.5, 0.6) is 0 Å². The van der Waals surface area contributed by atoms with Gasteiger partial charge >= 0.3 is 0 Å². The Morgan fingerprint density at radius 2 is 1.68 bits per heavy atom. The van der Waals surface area contributed by atoms with Gasteiger partial charge in [0.15, 0.2) is 5.96 Å². The molecule has 1 aromatic carbocycles. The minimum absolute atomic E-state index is 0.0444. The number of carbonyl (C=O) groups excluding carboxylic acids is 1. The van der Waals surface area contributed by atoms with Crippen LogP contribution in [0.25, 0.3) is 0 Å². The molecule has 0 radical (unpaired) electrons. The van der Waals surface area contributed by atoms with Crippen LogP contribution >= 0.6 is 0 Å². The van der Waals surface area contributed by atoms with Gasteiger partial charge < -0.3 is 16.0 Å². The third kappa shape index (κ3) is 8.30. The molecule has 1 fully saturated rings. The van der Waals surface area contributed by atoms with Crippen molar-refractivity contribution in [3.63, 3.8) is 0 Å². The molecular formula is C22H37N5O. The van der Waals surface area contributed by atoms with Crippen LogP contribution in [-0.4, -0.2) is 49.0 Å². The molecule has 2 rings (SSSR count). The highest BCUT2D eigenvalue weighted by Crippen LogP contribution is 2.16. The van der Waals surface area contributed by atoms with Gasteiger partial charge in [0, 0.05) is 25.7 Å². The zero-order valence-corrected chi connectivity index (χ0v) is 18.0. The molecule has 1 amide bonds. The minimum atomic E-state index is -0.234. The summed E-state index contributed by atoms with van der Waals surface area (Å²) in [4.78, 5) is 18.8. The van der Waals surface area contributed by atoms with Gasteiger partial charge in [-0.1, -0.05) is 37.1 Å². The molecule has 0 aromatic heterocycles. The van der Waals surface area contributed by atoms with Crippen molar-refractivity contribution in [2.45, 2.75) is 65.1 Å². The summed E-state index contributed by atoms with van der Waals surface area (Å²) in [6, 6.07) is 8.57. The molecule has 1 aromatic rings. The van der Waals surface area contributed by atoms with Gasteiger partial charge in [-0.2, -0.15) is 0 Å². The van der Waals surface area contributed by atoms with Crippen molar-refractivity contribution >= 4 is 11.9 Å². The molecule has 0 aliphatic carbocycles. The number of likely N-dealkylation sites (tertiary alicyclic amines) is 1. The van der Waals surface area contributed by atoms with Gasteiger partial charge in [-0.15, -0.1) is 0 Å². The molecular weight excluding hydrogens is 350 g/mol. The fraction of sp³-hybridized carbons (Fsp3) is 0.636. The molecule has 6 nitrogen and oxygen atoms in total. The minimum Gasteiger partial charge on any atom is -0.352 e. The molecule has 0 unspecified atom stereocenters. The average molecular weight is 388 g/mol. The molecule has 156 valence electrons. The molecule has 0 bridgehead atoms. The van der Waals surface area contributed by atoms with Crippen LogP contribution in [0.2, 0.25) is 0 Å². The van der Waals surface area contributed by atoms with E-state index in [1.165, 1.54) is 49.9 Å². The largest absolute Gasteiger partial charge is 0.352 e. The first-order chi connectivity index (χ1) is 13.4. The summed E-state index contributed by atoms with van der Waals surface area (Å²) in [6.45, 7) is 10.2. The van der Waals surface area contributed by atoms with Crippen LogP contribution in [0.4, 0.5) is 0 Å². The van der Waals surface area contributed by atoms with Crippen LogP contribution in [-0.2, 0) is 17.9 Å². The lowest BCUT2D eigenvalue weighted by Gasteiger charge is -2.22. The summed E-state index contributed by atoms with van der Waals surface area (Å²) in [6.07, 6.45) is 5.30. The second-order valence-electron chi connectivity index (χ2n) is 8.54. The van der Waals surface area contributed by atoms with Gasteiger partial charge in [-0.05, 0) is 57.8 Å². The second kappa shape index (κ2) is 11.1. The van der Waals surface area contributed by atoms with E-state index >= 15 is 0 Å². The number of guanidine groups is 1. The van der Waals surface area contributed by atoms with Gasteiger partial charge in [0.1, 0.15) is 0 Å². The monoisotopic (exact) mass is 387 g/mol. The summed E-state index contributed by atoms with van der Waals surface area (Å²) < 4.78 is 0. The number of nitrogens with zero attached hydrogens (tertiary/aromatic N) is 2. The Kier molecular flexibility index (Phi) is 8.77. The maximum Gasteiger partial charge on any atom is 0.239 e. The van der Waals surface area contributed by atoms with Crippen LogP contribution in [0.15, 0.2) is 29.3 Å². The Bertz CT molecular complexity index is 643. The molecule has 28 heavy (non-hydrogen) atoms. The van der Waals surface area contributed by atoms with E-state index < -0.39 is 0 Å². The number of benzene rings is 1. The van der Waals surface area contributed by atoms with Crippen LogP contribution < -0.4 is 16.0 Å². The van der Waals surface area contributed by atoms with Gasteiger partial charge in [-0.3, -0.25) is 14.7 Å². The van der Waals surface area contributed by atoms with E-state index in [4.69, 9.17) is 0 Å². The smallest absolute Gasteiger partial charge is 0.239 e. The lowest BCUT2D eigenvalue weighted by atomic mass is 10.1. The SMILES string of the molecule is CN=C(NCC(=O)NC(C)(C)C)NCc1ccccc1CN1CCCCCC1. The van der Waals surface area contributed by atoms with Gasteiger partial charge in [0.05, 0.1) is 6.54 Å². The second-order valence-corrected chi connectivity index (χ2v) is 8.54. The zero-order chi connectivity index (χ0) is 20.4. The van der Waals surface area contributed by atoms with Crippen LogP contribution in [0, 0.1) is 0 Å². The average Bonchev–Trinajstić information content (AvgIpc) is 2.90. The fourth-order valence-electron chi connectivity index (χ4n) is 3.45. The van der Waals surface area contributed by atoms with E-state index in [9.17, 15) is 4.79 Å². The summed E-state index contributed by atoms with van der Waals surface area (Å²) >= 11 is 0. The highest BCUT2D eigenvalue weighted by atomic mass is 16.2. The number of hydrogen-bond acceptors (Lipinski definition) is 3. The topological polar surface area (TPSA) is 68.8 Å². The number of hydrogen-bond donors (Lipinski definition) is 3. The first-order valence-corrected chi connectivity index (χ1v) is 10.4. The van der Waals surface area contributed by atoms with Crippen molar-refractivity contribution < 1.29 is 4.79 Å². The maximum absolute atomic E-state index is 12.0. The number of nitrogens with one attached hydrogen (secondary N) is 3. The molecule has 1 saturated heterocycles. The van der Waals surface area contributed by atoms with Crippen molar-refractivity contribution in [2.75, 3.05) is 26.7 Å². The number of amides is 1. The lowest BCUT2D eigenvalue weighted by molar-refractivity contribution is -0.121. The third-order valence-corrected chi connectivity index (χ3v) is 4.81. The van der Waals surface area contributed by atoms with Gasteiger partial charge in [0.2, 0.25) is 5.91 Å². The van der Waals surface area contributed by atoms with Crippen molar-refractivity contribution in [2.24, 2.45) is 4.99 Å². The van der Waals surface area contributed by atoms with Crippen molar-refractivity contribution in [3.05, 3.63) is 35.4 Å². The molecule has 0 spiro atoms. The summed E-state index contributed by atoms with van der Waals surface area (Å²) in [5.41, 5.74) is 2.40. The van der Waals surface area contributed by atoms with Crippen molar-refractivity contribution in [3.8, 4) is 0 Å². The molecule has 1 heterocycles. The molecule has 1 aliphatic heterocycles. The van der Waals surface area contributed by atoms with E-state index in [0.29, 0.717) is 12.5 Å². The quantitative estimate of drug-likeness (QED) is 0.518. The molecule has 0 saturated carbocycles. The van der Waals surface area contributed by atoms with E-state index in [1.807, 2.05) is 20.8 Å². The summed E-state index contributed by atoms with van der Waals surface area (Å²) in [7, 11) is 1.72. The predicted octanol–water partition coefficient (Wildman–Crippen LogP) is 2.64. The van der Waals surface area contributed by atoms with Crippen molar-refractivity contribution in [1.82, 2.24) is 20.9 Å². The van der Waals surface area contributed by atoms with E-state index in [2.05, 4.69) is 50.1 Å². The Hall–Kier alpha value is -2.08. The summed E-state index contributed by atoms with van der Waals surface area (Å²) in [5, 5.41) is 9.36. The van der Waals surface area contributed by atoms with Gasteiger partial charge in [0.25, 0.3) is 0 Å². The standard InChI is InChI=1S/C22H37N5O/c1-22(2,3)26-20(28)16-25-21(23-4)24-15-18-11-7-8-12-19(18)17-27-13-9-5-6-10-14-27/h7-8,11-12H,5-6,9-10,13-17H2,1-4H3,(H,26,28)(H2,23,24,25). The van der Waals surface area contributed by atoms with E-state index in [1.54, 1.807) is 7.05 Å². The predicted molar refractivity (Wildman–Crippen MR) is 116 cm³/mol. The highest BCUT2D eigenvalue weighted by Gasteiger charge is 2.14. The Labute approximate surface area is 170 Å². The molecule has 1 aliphatic rings. The Morgan fingerprint density at radius 1 is 1.04 bits per heavy atom. The van der Waals surface area contributed by atoms with Gasteiger partial charge in [-0.25, -0.2) is 0 Å². The molecule has 6 heteroatoms. The summed E-state index contributed by atoms with van der Waals surface area (Å²) in [5.74, 6) is 0.589. The first kappa shape index (κ1) is 22.2. The normalized spacial score (nSPS) is 16.4. The number of aliphatic imine (C=N–C) groups is 1. The zero-order valence-electron chi connectivity index (χ0n) is 18.0. The maximum atomic E-state index is 12.0. The lowest BCUT2D eigenvalue weighted by Crippen LogP contribution is -2.48. The highest BCUT2D eigenvalue weighted by molar-refractivity contribution is 5.86. The first-order valence-electron chi connectivity index (χ1n) is 10.4. The molecule has 0 atom stereocenters. The number of carbonyl (C=O) groups is 1. The van der Waals surface area contributed by atoms with Crippen LogP contribution in [0.1, 0.15) is 57.6 Å². The van der Waals surface area contributed by atoms with E-state index in [-0.39, 0.29) is 18.0 Å². The Balaban J connectivity index is 1.87.